The van der Waals surface area contributed by atoms with Crippen LogP contribution in [0.15, 0.2) is 59.4 Å². The Hall–Kier alpha value is -3.28. The van der Waals surface area contributed by atoms with Crippen molar-refractivity contribution in [1.29, 1.82) is 0 Å². The Bertz CT molecular complexity index is 1010. The van der Waals surface area contributed by atoms with Crippen molar-refractivity contribution in [1.82, 2.24) is 15.1 Å². The first-order valence-corrected chi connectivity index (χ1v) is 7.86. The molecule has 0 amide bonds. The third-order valence-electron chi connectivity index (χ3n) is 3.97. The van der Waals surface area contributed by atoms with Gasteiger partial charge in [-0.15, -0.1) is 0 Å². The molecule has 0 saturated heterocycles. The molecule has 0 saturated carbocycles. The molecule has 0 bridgehead atoms. The molecule has 6 heteroatoms. The highest BCUT2D eigenvalue weighted by Gasteiger charge is 2.16. The van der Waals surface area contributed by atoms with Crippen LogP contribution in [0.4, 0.5) is 10.2 Å². The Balaban J connectivity index is 1.70. The molecule has 25 heavy (non-hydrogen) atoms. The SMILES string of the molecule is Cc1ccc(-c2noc3ncnc(NCc4ccc(F)cc4)c23)cc1. The summed E-state index contributed by atoms with van der Waals surface area (Å²) in [5, 5.41) is 8.14. The van der Waals surface area contributed by atoms with Gasteiger partial charge >= 0.3 is 0 Å². The minimum Gasteiger partial charge on any atom is -0.365 e. The van der Waals surface area contributed by atoms with Crippen molar-refractivity contribution in [2.75, 3.05) is 5.32 Å². The van der Waals surface area contributed by atoms with Crippen molar-refractivity contribution < 1.29 is 8.91 Å². The first-order chi connectivity index (χ1) is 12.2. The van der Waals surface area contributed by atoms with Crippen LogP contribution >= 0.6 is 0 Å². The van der Waals surface area contributed by atoms with Crippen LogP contribution < -0.4 is 5.32 Å². The summed E-state index contributed by atoms with van der Waals surface area (Å²) in [6.45, 7) is 2.54. The molecular weight excluding hydrogens is 319 g/mol. The summed E-state index contributed by atoms with van der Waals surface area (Å²) in [5.74, 6) is 0.375. The number of anilines is 1. The van der Waals surface area contributed by atoms with E-state index in [9.17, 15) is 4.39 Å². The van der Waals surface area contributed by atoms with Gasteiger partial charge in [0.1, 0.15) is 29.0 Å². The molecule has 0 unspecified atom stereocenters. The van der Waals surface area contributed by atoms with Gasteiger partial charge in [0.25, 0.3) is 5.71 Å². The van der Waals surface area contributed by atoms with Crippen LogP contribution in [0.25, 0.3) is 22.4 Å². The van der Waals surface area contributed by atoms with Crippen LogP contribution in [0.1, 0.15) is 11.1 Å². The van der Waals surface area contributed by atoms with Crippen LogP contribution in [-0.4, -0.2) is 15.1 Å². The Morgan fingerprint density at radius 1 is 1.00 bits per heavy atom. The number of benzene rings is 2. The van der Waals surface area contributed by atoms with E-state index < -0.39 is 0 Å². The van der Waals surface area contributed by atoms with Crippen molar-refractivity contribution in [3.8, 4) is 11.3 Å². The van der Waals surface area contributed by atoms with E-state index in [4.69, 9.17) is 4.52 Å². The van der Waals surface area contributed by atoms with Gasteiger partial charge in [-0.2, -0.15) is 4.98 Å². The maximum Gasteiger partial charge on any atom is 0.263 e. The van der Waals surface area contributed by atoms with Crippen LogP contribution in [-0.2, 0) is 6.54 Å². The molecular formula is C19H15FN4O. The quantitative estimate of drug-likeness (QED) is 0.601. The summed E-state index contributed by atoms with van der Waals surface area (Å²) in [6, 6.07) is 14.3. The zero-order valence-corrected chi connectivity index (χ0v) is 13.5. The second kappa shape index (κ2) is 6.32. The third-order valence-corrected chi connectivity index (χ3v) is 3.97. The molecule has 2 aromatic heterocycles. The lowest BCUT2D eigenvalue weighted by molar-refractivity contribution is 0.451. The normalized spacial score (nSPS) is 11.0. The molecule has 0 aliphatic rings. The van der Waals surface area contributed by atoms with Crippen molar-refractivity contribution >= 4 is 16.9 Å². The molecule has 2 aromatic carbocycles. The van der Waals surface area contributed by atoms with E-state index in [2.05, 4.69) is 20.4 Å². The van der Waals surface area contributed by atoms with E-state index in [0.717, 1.165) is 16.5 Å². The molecule has 0 fully saturated rings. The second-order valence-electron chi connectivity index (χ2n) is 5.78. The Labute approximate surface area is 143 Å². The van der Waals surface area contributed by atoms with E-state index in [-0.39, 0.29) is 5.82 Å². The van der Waals surface area contributed by atoms with E-state index in [1.165, 1.54) is 24.0 Å². The van der Waals surface area contributed by atoms with E-state index in [1.54, 1.807) is 12.1 Å². The summed E-state index contributed by atoms with van der Waals surface area (Å²) < 4.78 is 18.4. The summed E-state index contributed by atoms with van der Waals surface area (Å²) >= 11 is 0. The molecule has 0 aliphatic carbocycles. The summed E-state index contributed by atoms with van der Waals surface area (Å²) in [4.78, 5) is 8.46. The van der Waals surface area contributed by atoms with E-state index >= 15 is 0 Å². The molecule has 0 aliphatic heterocycles. The van der Waals surface area contributed by atoms with E-state index in [1.807, 2.05) is 31.2 Å². The average Bonchev–Trinajstić information content (AvgIpc) is 3.07. The topological polar surface area (TPSA) is 63.8 Å². The molecule has 1 N–H and O–H groups in total. The van der Waals surface area contributed by atoms with Crippen LogP contribution in [0.2, 0.25) is 0 Å². The number of fused-ring (bicyclic) bond motifs is 1. The molecule has 0 radical (unpaired) electrons. The predicted molar refractivity (Wildman–Crippen MR) is 93.5 cm³/mol. The van der Waals surface area contributed by atoms with Crippen molar-refractivity contribution in [3.63, 3.8) is 0 Å². The van der Waals surface area contributed by atoms with Crippen molar-refractivity contribution in [2.45, 2.75) is 13.5 Å². The van der Waals surface area contributed by atoms with Crippen LogP contribution in [0.5, 0.6) is 0 Å². The van der Waals surface area contributed by atoms with Gasteiger partial charge in [0.15, 0.2) is 0 Å². The lowest BCUT2D eigenvalue weighted by Crippen LogP contribution is -2.02. The number of hydrogen-bond donors (Lipinski definition) is 1. The zero-order chi connectivity index (χ0) is 17.2. The highest BCUT2D eigenvalue weighted by Crippen LogP contribution is 2.31. The minimum atomic E-state index is -0.256. The molecule has 0 atom stereocenters. The summed E-state index contributed by atoms with van der Waals surface area (Å²) in [5.41, 5.74) is 4.16. The van der Waals surface area contributed by atoms with Gasteiger partial charge in [-0.05, 0) is 24.6 Å². The van der Waals surface area contributed by atoms with E-state index in [0.29, 0.717) is 23.8 Å². The highest BCUT2D eigenvalue weighted by atomic mass is 19.1. The van der Waals surface area contributed by atoms with Crippen LogP contribution in [0, 0.1) is 12.7 Å². The molecule has 5 nitrogen and oxygen atoms in total. The molecule has 2 heterocycles. The van der Waals surface area contributed by atoms with Gasteiger partial charge in [-0.3, -0.25) is 0 Å². The number of aromatic nitrogens is 3. The molecule has 124 valence electrons. The monoisotopic (exact) mass is 334 g/mol. The fourth-order valence-corrected chi connectivity index (χ4v) is 2.62. The van der Waals surface area contributed by atoms with Gasteiger partial charge in [0.2, 0.25) is 0 Å². The van der Waals surface area contributed by atoms with Gasteiger partial charge < -0.3 is 9.84 Å². The first-order valence-electron chi connectivity index (χ1n) is 7.86. The smallest absolute Gasteiger partial charge is 0.263 e. The fourth-order valence-electron chi connectivity index (χ4n) is 2.62. The molecule has 4 rings (SSSR count). The number of aryl methyl sites for hydroxylation is 1. The fraction of sp³-hybridized carbons (Fsp3) is 0.105. The number of rotatable bonds is 4. The Kier molecular flexibility index (Phi) is 3.85. The molecule has 4 aromatic rings. The van der Waals surface area contributed by atoms with Crippen LogP contribution in [0.3, 0.4) is 0 Å². The van der Waals surface area contributed by atoms with Gasteiger partial charge in [0.05, 0.1) is 0 Å². The lowest BCUT2D eigenvalue weighted by Gasteiger charge is -2.07. The van der Waals surface area contributed by atoms with Crippen molar-refractivity contribution in [2.24, 2.45) is 0 Å². The van der Waals surface area contributed by atoms with Gasteiger partial charge in [-0.1, -0.05) is 47.1 Å². The summed E-state index contributed by atoms with van der Waals surface area (Å²) in [7, 11) is 0. The number of nitrogens with zero attached hydrogens (tertiary/aromatic N) is 3. The maximum atomic E-state index is 13.0. The molecule has 0 spiro atoms. The predicted octanol–water partition coefficient (Wildman–Crippen LogP) is 4.34. The maximum absolute atomic E-state index is 13.0. The second-order valence-corrected chi connectivity index (χ2v) is 5.78. The Morgan fingerprint density at radius 2 is 1.76 bits per heavy atom. The number of hydrogen-bond acceptors (Lipinski definition) is 5. The number of nitrogens with one attached hydrogen (secondary N) is 1. The minimum absolute atomic E-state index is 0.256. The Morgan fingerprint density at radius 3 is 2.52 bits per heavy atom. The van der Waals surface area contributed by atoms with Crippen molar-refractivity contribution in [3.05, 3.63) is 71.8 Å². The number of halogens is 1. The third kappa shape index (κ3) is 3.06. The average molecular weight is 334 g/mol. The largest absolute Gasteiger partial charge is 0.365 e. The van der Waals surface area contributed by atoms with Gasteiger partial charge in [-0.25, -0.2) is 9.37 Å². The van der Waals surface area contributed by atoms with Gasteiger partial charge in [0, 0.05) is 12.1 Å². The zero-order valence-electron chi connectivity index (χ0n) is 13.5. The highest BCUT2D eigenvalue weighted by molar-refractivity contribution is 5.97. The first kappa shape index (κ1) is 15.3. The summed E-state index contributed by atoms with van der Waals surface area (Å²) in [6.07, 6.45) is 1.43. The standard InChI is InChI=1S/C19H15FN4O/c1-12-2-6-14(7-3-12)17-16-18(22-11-23-19(16)25-24-17)21-10-13-4-8-15(20)9-5-13/h2-9,11H,10H2,1H3,(H,21,22,23). The lowest BCUT2D eigenvalue weighted by atomic mass is 10.1.